The van der Waals surface area contributed by atoms with Gasteiger partial charge in [-0.2, -0.15) is 0 Å². The van der Waals surface area contributed by atoms with E-state index in [2.05, 4.69) is 0 Å². The third kappa shape index (κ3) is 1.11. The van der Waals surface area contributed by atoms with Crippen LogP contribution >= 0.6 is 0 Å². The van der Waals surface area contributed by atoms with E-state index in [1.807, 2.05) is 0 Å². The van der Waals surface area contributed by atoms with Crippen molar-refractivity contribution in [1.82, 2.24) is 9.96 Å². The summed E-state index contributed by atoms with van der Waals surface area (Å²) < 4.78 is 0. The van der Waals surface area contributed by atoms with Gasteiger partial charge in [0.25, 0.3) is 5.91 Å². The lowest BCUT2D eigenvalue weighted by molar-refractivity contribution is -0.162. The van der Waals surface area contributed by atoms with Gasteiger partial charge in [0.1, 0.15) is 6.04 Å². The van der Waals surface area contributed by atoms with Crippen LogP contribution in [-0.4, -0.2) is 41.1 Å². The standard InChI is InChI=1S/C8H12N2O3/c1-2-13-10-7(11)6-4-3-5-9(6)8(10)12/h6H,2-5H2,1H3. The molecule has 2 heterocycles. The average Bonchev–Trinajstić information content (AvgIpc) is 2.66. The highest BCUT2D eigenvalue weighted by atomic mass is 16.7. The van der Waals surface area contributed by atoms with Crippen LogP contribution < -0.4 is 0 Å². The number of fused-ring (bicyclic) bond motifs is 1. The number of hydrogen-bond donors (Lipinski definition) is 0. The van der Waals surface area contributed by atoms with Crippen molar-refractivity contribution in [2.75, 3.05) is 13.2 Å². The maximum atomic E-state index is 11.5. The fraction of sp³-hybridized carbons (Fsp3) is 0.750. The van der Waals surface area contributed by atoms with Crippen molar-refractivity contribution in [3.63, 3.8) is 0 Å². The first-order chi connectivity index (χ1) is 6.25. The van der Waals surface area contributed by atoms with E-state index in [0.29, 0.717) is 13.2 Å². The third-order valence-electron chi connectivity index (χ3n) is 2.42. The van der Waals surface area contributed by atoms with Crippen LogP contribution in [0.15, 0.2) is 0 Å². The number of nitrogens with zero attached hydrogens (tertiary/aromatic N) is 2. The molecule has 0 N–H and O–H groups in total. The summed E-state index contributed by atoms with van der Waals surface area (Å²) in [5.41, 5.74) is 0. The van der Waals surface area contributed by atoms with Crippen molar-refractivity contribution >= 4 is 11.9 Å². The molecule has 0 aromatic rings. The number of carbonyl (C=O) groups is 2. The van der Waals surface area contributed by atoms with E-state index < -0.39 is 0 Å². The molecule has 72 valence electrons. The number of imide groups is 1. The summed E-state index contributed by atoms with van der Waals surface area (Å²) in [6.07, 6.45) is 1.69. The van der Waals surface area contributed by atoms with Crippen molar-refractivity contribution < 1.29 is 14.4 Å². The molecule has 0 spiro atoms. The number of hydroxylamine groups is 2. The zero-order valence-electron chi connectivity index (χ0n) is 7.52. The molecule has 13 heavy (non-hydrogen) atoms. The van der Waals surface area contributed by atoms with Gasteiger partial charge in [0.05, 0.1) is 6.61 Å². The van der Waals surface area contributed by atoms with Crippen LogP contribution in [0.2, 0.25) is 0 Å². The number of amides is 3. The molecule has 0 aromatic heterocycles. The first-order valence-corrected chi connectivity index (χ1v) is 4.53. The van der Waals surface area contributed by atoms with Gasteiger partial charge >= 0.3 is 6.03 Å². The molecule has 1 unspecified atom stereocenters. The highest BCUT2D eigenvalue weighted by Crippen LogP contribution is 2.27. The van der Waals surface area contributed by atoms with E-state index in [0.717, 1.165) is 17.9 Å². The summed E-state index contributed by atoms with van der Waals surface area (Å²) in [6.45, 7) is 2.78. The molecule has 2 fully saturated rings. The quantitative estimate of drug-likeness (QED) is 0.582. The molecular weight excluding hydrogens is 172 g/mol. The van der Waals surface area contributed by atoms with Gasteiger partial charge in [-0.15, -0.1) is 5.06 Å². The van der Waals surface area contributed by atoms with Crippen LogP contribution in [0, 0.1) is 0 Å². The van der Waals surface area contributed by atoms with Crippen LogP contribution in [0.25, 0.3) is 0 Å². The molecule has 2 aliphatic heterocycles. The third-order valence-corrected chi connectivity index (χ3v) is 2.42. The normalized spacial score (nSPS) is 27.3. The van der Waals surface area contributed by atoms with Crippen LogP contribution in [-0.2, 0) is 9.63 Å². The highest BCUT2D eigenvalue weighted by molar-refractivity contribution is 6.03. The smallest absolute Gasteiger partial charge is 0.310 e. The predicted molar refractivity (Wildman–Crippen MR) is 43.6 cm³/mol. The molecule has 1 atom stereocenters. The maximum Gasteiger partial charge on any atom is 0.352 e. The zero-order chi connectivity index (χ0) is 9.42. The van der Waals surface area contributed by atoms with Crippen LogP contribution in [0.4, 0.5) is 4.79 Å². The molecule has 5 nitrogen and oxygen atoms in total. The minimum Gasteiger partial charge on any atom is -0.310 e. The number of rotatable bonds is 2. The highest BCUT2D eigenvalue weighted by Gasteiger charge is 2.48. The van der Waals surface area contributed by atoms with Crippen molar-refractivity contribution in [2.24, 2.45) is 0 Å². The minimum atomic E-state index is -0.297. The van der Waals surface area contributed by atoms with Gasteiger partial charge in [-0.3, -0.25) is 9.63 Å². The molecule has 0 aromatic carbocycles. The maximum absolute atomic E-state index is 11.5. The van der Waals surface area contributed by atoms with E-state index >= 15 is 0 Å². The van der Waals surface area contributed by atoms with E-state index in [4.69, 9.17) is 4.84 Å². The first kappa shape index (κ1) is 8.50. The molecule has 3 amide bonds. The molecule has 5 heteroatoms. The monoisotopic (exact) mass is 184 g/mol. The molecule has 2 rings (SSSR count). The molecule has 0 saturated carbocycles. The van der Waals surface area contributed by atoms with Gasteiger partial charge in [0.2, 0.25) is 0 Å². The summed E-state index contributed by atoms with van der Waals surface area (Å²) in [4.78, 5) is 29.6. The lowest BCUT2D eigenvalue weighted by Crippen LogP contribution is -2.33. The predicted octanol–water partition coefficient (Wildman–Crippen LogP) is 0.365. The second-order valence-corrected chi connectivity index (χ2v) is 3.18. The Morgan fingerprint density at radius 2 is 2.31 bits per heavy atom. The number of carbonyl (C=O) groups excluding carboxylic acids is 2. The van der Waals surface area contributed by atoms with Gasteiger partial charge in [0, 0.05) is 6.54 Å². The van der Waals surface area contributed by atoms with Gasteiger partial charge in [-0.25, -0.2) is 4.79 Å². The largest absolute Gasteiger partial charge is 0.352 e. The van der Waals surface area contributed by atoms with E-state index in [-0.39, 0.29) is 18.0 Å². The Kier molecular flexibility index (Phi) is 1.95. The summed E-state index contributed by atoms with van der Waals surface area (Å²) in [5.74, 6) is -0.204. The summed E-state index contributed by atoms with van der Waals surface area (Å²) in [5, 5.41) is 0.893. The lowest BCUT2D eigenvalue weighted by Gasteiger charge is -2.13. The Morgan fingerprint density at radius 1 is 1.54 bits per heavy atom. The van der Waals surface area contributed by atoms with Crippen molar-refractivity contribution in [2.45, 2.75) is 25.8 Å². The zero-order valence-corrected chi connectivity index (χ0v) is 7.52. The molecule has 2 aliphatic rings. The number of hydrogen-bond acceptors (Lipinski definition) is 3. The fourth-order valence-electron chi connectivity index (χ4n) is 1.85. The second kappa shape index (κ2) is 2.99. The molecule has 0 aliphatic carbocycles. The minimum absolute atomic E-state index is 0.204. The molecular formula is C8H12N2O3. The topological polar surface area (TPSA) is 49.9 Å². The van der Waals surface area contributed by atoms with Gasteiger partial charge in [-0.1, -0.05) is 0 Å². The van der Waals surface area contributed by atoms with E-state index in [1.165, 1.54) is 0 Å². The van der Waals surface area contributed by atoms with Crippen molar-refractivity contribution in [3.05, 3.63) is 0 Å². The van der Waals surface area contributed by atoms with Crippen LogP contribution in [0.5, 0.6) is 0 Å². The Labute approximate surface area is 76.2 Å². The summed E-state index contributed by atoms with van der Waals surface area (Å²) >= 11 is 0. The Hall–Kier alpha value is -1.10. The van der Waals surface area contributed by atoms with Crippen molar-refractivity contribution in [1.29, 1.82) is 0 Å². The van der Waals surface area contributed by atoms with Gasteiger partial charge in [-0.05, 0) is 19.8 Å². The van der Waals surface area contributed by atoms with Crippen LogP contribution in [0.1, 0.15) is 19.8 Å². The van der Waals surface area contributed by atoms with E-state index in [9.17, 15) is 9.59 Å². The van der Waals surface area contributed by atoms with E-state index in [1.54, 1.807) is 11.8 Å². The summed E-state index contributed by atoms with van der Waals surface area (Å²) in [6, 6.07) is -0.548. The van der Waals surface area contributed by atoms with Crippen LogP contribution in [0.3, 0.4) is 0 Å². The van der Waals surface area contributed by atoms with Crippen molar-refractivity contribution in [3.8, 4) is 0 Å². The summed E-state index contributed by atoms with van der Waals surface area (Å²) in [7, 11) is 0. The Balaban J connectivity index is 2.16. The second-order valence-electron chi connectivity index (χ2n) is 3.18. The molecule has 0 radical (unpaired) electrons. The lowest BCUT2D eigenvalue weighted by atomic mass is 10.2. The average molecular weight is 184 g/mol. The van der Waals surface area contributed by atoms with Gasteiger partial charge in [0.15, 0.2) is 0 Å². The Bertz CT molecular complexity index is 232. The molecule has 2 saturated heterocycles. The fourth-order valence-corrected chi connectivity index (χ4v) is 1.85. The number of urea groups is 1. The van der Waals surface area contributed by atoms with Gasteiger partial charge < -0.3 is 4.90 Å². The SMILES string of the molecule is CCON1C(=O)C2CCCN2C1=O. The molecule has 0 bridgehead atoms. The first-order valence-electron chi connectivity index (χ1n) is 4.53. The Morgan fingerprint density at radius 3 is 2.92 bits per heavy atom.